The number of hydrogen-bond acceptors (Lipinski definition) is 11. The van der Waals surface area contributed by atoms with Crippen LogP contribution in [0.4, 0.5) is 0 Å². The van der Waals surface area contributed by atoms with Gasteiger partial charge in [-0.25, -0.2) is 34.1 Å². The van der Waals surface area contributed by atoms with Crippen molar-refractivity contribution in [2.45, 2.75) is 48.5 Å². The van der Waals surface area contributed by atoms with Gasteiger partial charge in [-0.1, -0.05) is 42.0 Å². The molecule has 2 aromatic carbocycles. The summed E-state index contributed by atoms with van der Waals surface area (Å²) in [6, 6.07) is 18.6. The molecule has 5 heterocycles. The van der Waals surface area contributed by atoms with Gasteiger partial charge in [0.25, 0.3) is 0 Å². The lowest BCUT2D eigenvalue weighted by Gasteiger charge is -2.13. The minimum atomic E-state index is -0.887. The maximum Gasteiger partial charge on any atom is 0.346 e. The number of aromatic amines is 1. The molecule has 0 fully saturated rings. The van der Waals surface area contributed by atoms with E-state index in [0.717, 1.165) is 22.3 Å². The van der Waals surface area contributed by atoms with Gasteiger partial charge in [-0.15, -0.1) is 0 Å². The van der Waals surface area contributed by atoms with Crippen LogP contribution in [0.15, 0.2) is 60.7 Å². The number of hydrogen-bond donors (Lipinski definition) is 1. The minimum absolute atomic E-state index is 0.00565. The van der Waals surface area contributed by atoms with Crippen molar-refractivity contribution in [3.63, 3.8) is 0 Å². The van der Waals surface area contributed by atoms with Gasteiger partial charge in [0.2, 0.25) is 0 Å². The minimum Gasteiger partial charge on any atom is -0.462 e. The van der Waals surface area contributed by atoms with Crippen LogP contribution in [-0.2, 0) is 38.1 Å². The van der Waals surface area contributed by atoms with E-state index >= 15 is 0 Å². The first-order valence-electron chi connectivity index (χ1n) is 19.2. The summed E-state index contributed by atoms with van der Waals surface area (Å²) in [7, 11) is 0. The molecule has 6 aromatic rings. The molecule has 12 nitrogen and oxygen atoms in total. The second-order valence-electron chi connectivity index (χ2n) is 13.6. The van der Waals surface area contributed by atoms with E-state index in [4.69, 9.17) is 33.9 Å². The zero-order valence-electron chi connectivity index (χ0n) is 33.4. The van der Waals surface area contributed by atoms with Crippen molar-refractivity contribution in [1.82, 2.24) is 19.9 Å². The molecule has 0 atom stereocenters. The zero-order chi connectivity index (χ0) is 41.2. The van der Waals surface area contributed by atoms with Crippen LogP contribution in [0.3, 0.4) is 0 Å². The topological polar surface area (TPSA) is 160 Å². The van der Waals surface area contributed by atoms with Crippen molar-refractivity contribution in [2.24, 2.45) is 0 Å². The van der Waals surface area contributed by atoms with E-state index < -0.39 is 23.9 Å². The normalized spacial score (nSPS) is 11.5. The van der Waals surface area contributed by atoms with Gasteiger partial charge in [0.1, 0.15) is 0 Å². The van der Waals surface area contributed by atoms with Gasteiger partial charge < -0.3 is 23.9 Å². The van der Waals surface area contributed by atoms with Gasteiger partial charge in [-0.2, -0.15) is 0 Å². The monoisotopic (exact) mass is 778 g/mol. The van der Waals surface area contributed by atoms with Crippen LogP contribution in [0.1, 0.15) is 55.8 Å². The van der Waals surface area contributed by atoms with E-state index in [0.29, 0.717) is 44.1 Å². The number of esters is 4. The van der Waals surface area contributed by atoms with E-state index in [2.05, 4.69) is 17.1 Å². The van der Waals surface area contributed by atoms with Gasteiger partial charge in [0, 0.05) is 37.8 Å². The summed E-state index contributed by atoms with van der Waals surface area (Å²) in [5.41, 5.74) is 6.97. The number of fused-ring (bicyclic) bond motifs is 6. The average Bonchev–Trinajstić information content (AvgIpc) is 3.87. The van der Waals surface area contributed by atoms with E-state index in [9.17, 15) is 19.2 Å². The molecule has 294 valence electrons. The smallest absolute Gasteiger partial charge is 0.346 e. The molecule has 0 aliphatic carbocycles. The van der Waals surface area contributed by atoms with Crippen molar-refractivity contribution in [1.29, 1.82) is 0 Å². The Hall–Kier alpha value is -6.95. The highest BCUT2D eigenvalue weighted by Crippen LogP contribution is 2.35. The van der Waals surface area contributed by atoms with Crippen molar-refractivity contribution in [3.05, 3.63) is 99.2 Å². The van der Waals surface area contributed by atoms with Gasteiger partial charge in [0.05, 0.1) is 59.9 Å². The quantitative estimate of drug-likeness (QED) is 0.0731. The summed E-state index contributed by atoms with van der Waals surface area (Å²) in [6.07, 6.45) is 3.54. The number of nitrogens with zero attached hydrogens (tertiary/aromatic N) is 3. The summed E-state index contributed by atoms with van der Waals surface area (Å²) in [4.78, 5) is 74.1. The summed E-state index contributed by atoms with van der Waals surface area (Å²) in [5, 5.41) is 1.67. The van der Waals surface area contributed by atoms with Crippen molar-refractivity contribution in [3.8, 4) is 11.1 Å². The van der Waals surface area contributed by atoms with E-state index in [1.165, 1.54) is 0 Å². The van der Waals surface area contributed by atoms with Crippen LogP contribution in [0, 0.1) is 20.8 Å². The fraction of sp³-hybridized carbons (Fsp3) is 0.239. The largest absolute Gasteiger partial charge is 0.462 e. The number of aryl methyl sites for hydroxylation is 3. The molecule has 0 saturated heterocycles. The molecule has 0 amide bonds. The fourth-order valence-corrected chi connectivity index (χ4v) is 7.52. The Kier molecular flexibility index (Phi) is 11.0. The molecule has 58 heavy (non-hydrogen) atoms. The van der Waals surface area contributed by atoms with Gasteiger partial charge in [-0.3, -0.25) is 0 Å². The third-order valence-corrected chi connectivity index (χ3v) is 9.75. The Labute approximate surface area is 333 Å². The van der Waals surface area contributed by atoms with Crippen LogP contribution >= 0.6 is 0 Å². The maximum atomic E-state index is 13.8. The number of carbonyl (C=O) groups is 4. The third-order valence-electron chi connectivity index (χ3n) is 9.75. The fourth-order valence-electron chi connectivity index (χ4n) is 7.52. The van der Waals surface area contributed by atoms with Gasteiger partial charge in [-0.05, 0) is 102 Å². The Balaban J connectivity index is 1.85. The highest BCUT2D eigenvalue weighted by Gasteiger charge is 2.27. The van der Waals surface area contributed by atoms with Crippen LogP contribution in [-0.4, -0.2) is 70.2 Å². The summed E-state index contributed by atoms with van der Waals surface area (Å²) in [6.45, 7) is 12.7. The number of rotatable bonds is 9. The average molecular weight is 779 g/mol. The number of nitrogens with one attached hydrogen (secondary N) is 1. The number of ether oxygens (including phenoxy) is 4. The SMILES string of the molecule is CCOC(=O)C(C(=O)OCC)=c1c2nc(c(-c3c(C)cc(C)cc3C)c3ccc([nH]3)c(=C(C(=O)OCC)C(=O)OCC)c3ccc4ccc5ccc1nc5c4n3)C=C2. The molecule has 0 unspecified atom stereocenters. The lowest BCUT2D eigenvalue weighted by molar-refractivity contribution is -0.144. The second kappa shape index (κ2) is 16.3. The molecular formula is C46H42N4O8. The molecule has 4 aromatic heterocycles. The first kappa shape index (κ1) is 39.3. The maximum absolute atomic E-state index is 13.8. The Morgan fingerprint density at radius 2 is 0.948 bits per heavy atom. The Morgan fingerprint density at radius 1 is 0.517 bits per heavy atom. The molecule has 7 rings (SSSR count). The Morgan fingerprint density at radius 3 is 1.45 bits per heavy atom. The van der Waals surface area contributed by atoms with Crippen LogP contribution < -0.4 is 10.4 Å². The van der Waals surface area contributed by atoms with E-state index in [1.54, 1.807) is 52.0 Å². The molecule has 1 aliphatic rings. The summed E-state index contributed by atoms with van der Waals surface area (Å²) >= 11 is 0. The molecule has 0 spiro atoms. The molecule has 1 N–H and O–H groups in total. The number of H-pyrrole nitrogens is 1. The molecular weight excluding hydrogens is 737 g/mol. The molecule has 0 radical (unpaired) electrons. The van der Waals surface area contributed by atoms with Crippen LogP contribution in [0.2, 0.25) is 0 Å². The molecule has 8 bridgehead atoms. The van der Waals surface area contributed by atoms with Crippen molar-refractivity contribution < 1.29 is 38.1 Å². The molecule has 1 aliphatic heterocycles. The van der Waals surface area contributed by atoms with Crippen LogP contribution in [0.25, 0.3) is 78.3 Å². The van der Waals surface area contributed by atoms with E-state index in [-0.39, 0.29) is 64.7 Å². The molecule has 0 saturated carbocycles. The van der Waals surface area contributed by atoms with Gasteiger partial charge >= 0.3 is 23.9 Å². The van der Waals surface area contributed by atoms with E-state index in [1.807, 2.05) is 57.2 Å². The third kappa shape index (κ3) is 7.13. The second-order valence-corrected chi connectivity index (χ2v) is 13.6. The lowest BCUT2D eigenvalue weighted by atomic mass is 9.92. The number of benzene rings is 2. The van der Waals surface area contributed by atoms with Crippen molar-refractivity contribution >= 4 is 91.0 Å². The predicted molar refractivity (Wildman–Crippen MR) is 223 cm³/mol. The number of pyridine rings is 2. The highest BCUT2D eigenvalue weighted by atomic mass is 16.6. The first-order valence-corrected chi connectivity index (χ1v) is 19.2. The highest BCUT2D eigenvalue weighted by molar-refractivity contribution is 6.38. The molecule has 12 heteroatoms. The zero-order valence-corrected chi connectivity index (χ0v) is 33.4. The predicted octanol–water partition coefficient (Wildman–Crippen LogP) is 6.57. The first-order chi connectivity index (χ1) is 28.0. The van der Waals surface area contributed by atoms with Crippen molar-refractivity contribution in [2.75, 3.05) is 26.4 Å². The van der Waals surface area contributed by atoms with Gasteiger partial charge in [0.15, 0.2) is 11.1 Å². The van der Waals surface area contributed by atoms with Crippen LogP contribution in [0.5, 0.6) is 0 Å². The standard InChI is InChI=1S/C46H42N4O8/c1-8-55-43(51)39(44(52)56-9-2)37-31-20-18-29(47-31)36(35-25(6)22-24(5)23-26(35)7)30-19-21-32(48-30)38(40(45(53)57-10-3)46(54)58-11-4)34-17-15-28-13-12-27-14-16-33(37)49-41(27)42(28)50-34/h12-23,47H,8-11H2,1-7H3. The lowest BCUT2D eigenvalue weighted by Crippen LogP contribution is -2.27. The Bertz CT molecular complexity index is 2900. The summed E-state index contributed by atoms with van der Waals surface area (Å²) < 4.78 is 21.8. The summed E-state index contributed by atoms with van der Waals surface area (Å²) in [5.74, 6) is -3.52. The number of carbonyl (C=O) groups excluding carboxylic acids is 4. The number of aromatic nitrogens is 4.